The Hall–Kier alpha value is -2.68. The zero-order valence-electron chi connectivity index (χ0n) is 12.6. The molecule has 111 valence electrons. The molecule has 1 aromatic heterocycles. The third kappa shape index (κ3) is 2.84. The largest absolute Gasteiger partial charge is 0.497 e. The van der Waals surface area contributed by atoms with Crippen LogP contribution in [-0.2, 0) is 0 Å². The standard InChI is InChI=1S/C19H17O3/c1-20-16-9-5-14(6-10-16)19(18-4-3-13-22-18)15-7-11-17(21-2)12-8-15/h3-13H,1-2H3. The average molecular weight is 293 g/mol. The normalized spacial score (nSPS) is 10.7. The minimum absolute atomic E-state index is 0.829. The van der Waals surface area contributed by atoms with Crippen molar-refractivity contribution in [2.45, 2.75) is 0 Å². The molecule has 0 bridgehead atoms. The third-order valence-corrected chi connectivity index (χ3v) is 3.52. The molecule has 0 aliphatic rings. The van der Waals surface area contributed by atoms with Crippen molar-refractivity contribution in [1.29, 1.82) is 0 Å². The van der Waals surface area contributed by atoms with Gasteiger partial charge in [0, 0.05) is 0 Å². The molecule has 3 nitrogen and oxygen atoms in total. The van der Waals surface area contributed by atoms with E-state index in [9.17, 15) is 0 Å². The molecule has 0 aliphatic carbocycles. The van der Waals surface area contributed by atoms with Gasteiger partial charge in [-0.25, -0.2) is 0 Å². The molecule has 3 aromatic rings. The Labute approximate surface area is 130 Å². The summed E-state index contributed by atoms with van der Waals surface area (Å²) in [7, 11) is 3.32. The molecule has 0 aliphatic heterocycles. The van der Waals surface area contributed by atoms with Crippen LogP contribution in [0.25, 0.3) is 0 Å². The van der Waals surface area contributed by atoms with Gasteiger partial charge in [0.15, 0.2) is 0 Å². The first-order valence-corrected chi connectivity index (χ1v) is 7.01. The predicted octanol–water partition coefficient (Wildman–Crippen LogP) is 4.32. The highest BCUT2D eigenvalue weighted by Gasteiger charge is 2.20. The molecule has 3 heteroatoms. The summed E-state index contributed by atoms with van der Waals surface area (Å²) in [5, 5.41) is 0. The Morgan fingerprint density at radius 3 is 1.59 bits per heavy atom. The smallest absolute Gasteiger partial charge is 0.120 e. The molecule has 3 rings (SSSR count). The first-order chi connectivity index (χ1) is 10.8. The molecule has 0 fully saturated rings. The van der Waals surface area contributed by atoms with Crippen LogP contribution in [-0.4, -0.2) is 14.2 Å². The van der Waals surface area contributed by atoms with Gasteiger partial charge in [-0.05, 0) is 47.5 Å². The lowest BCUT2D eigenvalue weighted by molar-refractivity contribution is 0.414. The van der Waals surface area contributed by atoms with Gasteiger partial charge in [-0.3, -0.25) is 0 Å². The number of rotatable bonds is 5. The molecule has 0 N–H and O–H groups in total. The van der Waals surface area contributed by atoms with Crippen LogP contribution in [0.5, 0.6) is 11.5 Å². The van der Waals surface area contributed by atoms with Gasteiger partial charge in [0.05, 0.1) is 26.4 Å². The van der Waals surface area contributed by atoms with E-state index in [0.29, 0.717) is 0 Å². The first-order valence-electron chi connectivity index (χ1n) is 7.01. The molecule has 0 spiro atoms. The van der Waals surface area contributed by atoms with E-state index < -0.39 is 0 Å². The van der Waals surface area contributed by atoms with E-state index in [1.165, 1.54) is 0 Å². The first kappa shape index (κ1) is 14.3. The number of methoxy groups -OCH3 is 2. The van der Waals surface area contributed by atoms with Crippen molar-refractivity contribution in [2.75, 3.05) is 14.2 Å². The highest BCUT2D eigenvalue weighted by Crippen LogP contribution is 2.32. The van der Waals surface area contributed by atoms with Crippen LogP contribution in [0, 0.1) is 5.92 Å². The highest BCUT2D eigenvalue weighted by molar-refractivity contribution is 5.55. The van der Waals surface area contributed by atoms with Crippen LogP contribution in [0.1, 0.15) is 16.9 Å². The van der Waals surface area contributed by atoms with Crippen LogP contribution in [0.4, 0.5) is 0 Å². The molecule has 2 aromatic carbocycles. The number of hydrogen-bond donors (Lipinski definition) is 0. The van der Waals surface area contributed by atoms with Gasteiger partial charge >= 0.3 is 0 Å². The molecule has 1 heterocycles. The fourth-order valence-electron chi connectivity index (χ4n) is 2.39. The van der Waals surface area contributed by atoms with Crippen LogP contribution >= 0.6 is 0 Å². The Bertz CT molecular complexity index is 650. The van der Waals surface area contributed by atoms with Crippen molar-refractivity contribution in [1.82, 2.24) is 0 Å². The lowest BCUT2D eigenvalue weighted by Crippen LogP contribution is -2.03. The minimum Gasteiger partial charge on any atom is -0.497 e. The minimum atomic E-state index is 0.829. The van der Waals surface area contributed by atoms with E-state index in [2.05, 4.69) is 0 Å². The molecule has 0 saturated carbocycles. The lowest BCUT2D eigenvalue weighted by Gasteiger charge is -2.15. The molecular formula is C19H17O3. The lowest BCUT2D eigenvalue weighted by atomic mass is 9.89. The summed E-state index contributed by atoms with van der Waals surface area (Å²) in [6.07, 6.45) is 1.68. The Morgan fingerprint density at radius 1 is 0.727 bits per heavy atom. The topological polar surface area (TPSA) is 31.6 Å². The zero-order valence-corrected chi connectivity index (χ0v) is 12.6. The summed E-state index contributed by atoms with van der Waals surface area (Å²) in [6, 6.07) is 19.8. The fraction of sp³-hybridized carbons (Fsp3) is 0.105. The van der Waals surface area contributed by atoms with E-state index in [-0.39, 0.29) is 0 Å². The van der Waals surface area contributed by atoms with Crippen molar-refractivity contribution in [2.24, 2.45) is 0 Å². The quantitative estimate of drug-likeness (QED) is 0.702. The molecule has 0 amide bonds. The van der Waals surface area contributed by atoms with Crippen LogP contribution < -0.4 is 9.47 Å². The molecule has 1 radical (unpaired) electrons. The summed E-state index contributed by atoms with van der Waals surface area (Å²) >= 11 is 0. The molecule has 0 saturated heterocycles. The monoisotopic (exact) mass is 293 g/mol. The van der Waals surface area contributed by atoms with Crippen LogP contribution in [0.3, 0.4) is 0 Å². The fourth-order valence-corrected chi connectivity index (χ4v) is 2.39. The average Bonchev–Trinajstić information content (AvgIpc) is 3.10. The summed E-state index contributed by atoms with van der Waals surface area (Å²) in [6.45, 7) is 0. The van der Waals surface area contributed by atoms with Crippen molar-refractivity contribution >= 4 is 0 Å². The second-order valence-corrected chi connectivity index (χ2v) is 4.81. The summed E-state index contributed by atoms with van der Waals surface area (Å²) in [4.78, 5) is 0. The predicted molar refractivity (Wildman–Crippen MR) is 85.2 cm³/mol. The van der Waals surface area contributed by atoms with Gasteiger partial charge in [0.2, 0.25) is 0 Å². The van der Waals surface area contributed by atoms with Crippen molar-refractivity contribution in [3.05, 3.63) is 89.7 Å². The number of benzene rings is 2. The maximum Gasteiger partial charge on any atom is 0.120 e. The molecular weight excluding hydrogens is 276 g/mol. The van der Waals surface area contributed by atoms with E-state index in [0.717, 1.165) is 34.3 Å². The van der Waals surface area contributed by atoms with Crippen molar-refractivity contribution in [3.63, 3.8) is 0 Å². The number of hydrogen-bond acceptors (Lipinski definition) is 3. The van der Waals surface area contributed by atoms with Crippen molar-refractivity contribution in [3.8, 4) is 11.5 Å². The van der Waals surface area contributed by atoms with E-state index in [4.69, 9.17) is 13.9 Å². The van der Waals surface area contributed by atoms with E-state index in [1.807, 2.05) is 60.7 Å². The Morgan fingerprint density at radius 2 is 1.23 bits per heavy atom. The summed E-state index contributed by atoms with van der Waals surface area (Å²) in [5.41, 5.74) is 2.14. The zero-order chi connectivity index (χ0) is 15.4. The molecule has 22 heavy (non-hydrogen) atoms. The van der Waals surface area contributed by atoms with Gasteiger partial charge in [-0.2, -0.15) is 0 Å². The van der Waals surface area contributed by atoms with Crippen molar-refractivity contribution < 1.29 is 13.9 Å². The van der Waals surface area contributed by atoms with Crippen LogP contribution in [0.2, 0.25) is 0 Å². The second-order valence-electron chi connectivity index (χ2n) is 4.81. The molecule has 0 unspecified atom stereocenters. The Balaban J connectivity index is 2.02. The highest BCUT2D eigenvalue weighted by atomic mass is 16.5. The third-order valence-electron chi connectivity index (χ3n) is 3.52. The van der Waals surface area contributed by atoms with E-state index >= 15 is 0 Å². The maximum atomic E-state index is 5.62. The summed E-state index contributed by atoms with van der Waals surface area (Å²) < 4.78 is 16.1. The SMILES string of the molecule is COc1ccc([C](c2ccc(OC)cc2)c2ccco2)cc1. The molecule has 0 atom stereocenters. The van der Waals surface area contributed by atoms with Crippen LogP contribution in [0.15, 0.2) is 71.3 Å². The Kier molecular flexibility index (Phi) is 4.15. The van der Waals surface area contributed by atoms with Gasteiger partial charge in [-0.1, -0.05) is 24.3 Å². The second kappa shape index (κ2) is 6.39. The van der Waals surface area contributed by atoms with Gasteiger partial charge in [0.25, 0.3) is 0 Å². The number of furan rings is 1. The number of ether oxygens (including phenoxy) is 2. The van der Waals surface area contributed by atoms with E-state index in [1.54, 1.807) is 20.5 Å². The summed E-state index contributed by atoms with van der Waals surface area (Å²) in [5.74, 6) is 3.53. The van der Waals surface area contributed by atoms with Gasteiger partial charge in [-0.15, -0.1) is 0 Å². The van der Waals surface area contributed by atoms with Gasteiger partial charge in [0.1, 0.15) is 17.3 Å². The van der Waals surface area contributed by atoms with Gasteiger partial charge < -0.3 is 13.9 Å². The maximum absolute atomic E-state index is 5.62.